The van der Waals surface area contributed by atoms with Gasteiger partial charge in [0.25, 0.3) is 11.8 Å². The average Bonchev–Trinajstić information content (AvgIpc) is 2.67. The molecule has 3 aromatic rings. The van der Waals surface area contributed by atoms with Gasteiger partial charge < -0.3 is 15.4 Å². The van der Waals surface area contributed by atoms with Crippen LogP contribution >= 0.6 is 23.2 Å². The summed E-state index contributed by atoms with van der Waals surface area (Å²) in [6, 6.07) is 20.5. The van der Waals surface area contributed by atoms with Gasteiger partial charge in [-0.3, -0.25) is 9.59 Å². The van der Waals surface area contributed by atoms with E-state index in [2.05, 4.69) is 10.6 Å². The summed E-state index contributed by atoms with van der Waals surface area (Å²) in [5.41, 5.74) is 1.34. The normalized spacial score (nSPS) is 10.2. The Morgan fingerprint density at radius 1 is 0.821 bits per heavy atom. The van der Waals surface area contributed by atoms with Crippen molar-refractivity contribution in [3.05, 3.63) is 88.4 Å². The second-order valence-electron chi connectivity index (χ2n) is 5.81. The van der Waals surface area contributed by atoms with Crippen LogP contribution in [0.25, 0.3) is 0 Å². The first kappa shape index (κ1) is 19.7. The molecule has 0 spiro atoms. The highest BCUT2D eigenvalue weighted by Gasteiger charge is 2.12. The number of benzene rings is 3. The number of nitrogens with one attached hydrogen (secondary N) is 2. The van der Waals surface area contributed by atoms with Gasteiger partial charge in [0.05, 0.1) is 10.6 Å². The molecule has 3 aromatic carbocycles. The topological polar surface area (TPSA) is 67.4 Å². The van der Waals surface area contributed by atoms with Gasteiger partial charge >= 0.3 is 0 Å². The summed E-state index contributed by atoms with van der Waals surface area (Å²) >= 11 is 11.9. The first-order valence-electron chi connectivity index (χ1n) is 8.35. The lowest BCUT2D eigenvalue weighted by Crippen LogP contribution is -2.20. The summed E-state index contributed by atoms with van der Waals surface area (Å²) in [7, 11) is 0. The summed E-state index contributed by atoms with van der Waals surface area (Å²) in [6.07, 6.45) is 0. The number of carbonyl (C=O) groups is 2. The molecule has 7 heteroatoms. The lowest BCUT2D eigenvalue weighted by Gasteiger charge is -2.10. The lowest BCUT2D eigenvalue weighted by atomic mass is 10.2. The first-order valence-corrected chi connectivity index (χ1v) is 9.11. The van der Waals surface area contributed by atoms with E-state index < -0.39 is 0 Å². The molecule has 2 amide bonds. The summed E-state index contributed by atoms with van der Waals surface area (Å²) in [6.45, 7) is -0.124. The van der Waals surface area contributed by atoms with Gasteiger partial charge in [-0.05, 0) is 48.5 Å². The quantitative estimate of drug-likeness (QED) is 0.577. The van der Waals surface area contributed by atoms with Gasteiger partial charge in [-0.2, -0.15) is 0 Å². The fourth-order valence-electron chi connectivity index (χ4n) is 2.41. The van der Waals surface area contributed by atoms with Crippen molar-refractivity contribution in [3.8, 4) is 5.75 Å². The van der Waals surface area contributed by atoms with Gasteiger partial charge in [0.2, 0.25) is 0 Å². The molecule has 0 aliphatic carbocycles. The fraction of sp³-hybridized carbons (Fsp3) is 0.0476. The van der Waals surface area contributed by atoms with E-state index in [4.69, 9.17) is 27.9 Å². The molecule has 0 fully saturated rings. The van der Waals surface area contributed by atoms with E-state index in [0.29, 0.717) is 27.7 Å². The van der Waals surface area contributed by atoms with Crippen LogP contribution in [0.2, 0.25) is 10.0 Å². The van der Waals surface area contributed by atoms with Crippen molar-refractivity contribution in [1.29, 1.82) is 0 Å². The molecule has 0 atom stereocenters. The van der Waals surface area contributed by atoms with Gasteiger partial charge in [-0.1, -0.05) is 47.5 Å². The Morgan fingerprint density at radius 3 is 2.25 bits per heavy atom. The number of ether oxygens (including phenoxy) is 1. The lowest BCUT2D eigenvalue weighted by molar-refractivity contribution is -0.118. The van der Waals surface area contributed by atoms with Crippen LogP contribution < -0.4 is 15.4 Å². The number of rotatable bonds is 6. The highest BCUT2D eigenvalue weighted by atomic mass is 35.5. The van der Waals surface area contributed by atoms with Crippen molar-refractivity contribution in [3.63, 3.8) is 0 Å². The minimum atomic E-state index is -0.377. The standard InChI is InChI=1S/C21H16Cl2N2O3/c22-14-9-10-18(19(23)11-14)21(27)25-16-6-4-5-15(12-16)24-20(26)13-28-17-7-2-1-3-8-17/h1-12H,13H2,(H,24,26)(H,25,27). The maximum atomic E-state index is 12.4. The van der Waals surface area contributed by atoms with E-state index in [0.717, 1.165) is 0 Å². The number of para-hydroxylation sites is 1. The van der Waals surface area contributed by atoms with Gasteiger partial charge in [0, 0.05) is 16.4 Å². The first-order chi connectivity index (χ1) is 13.5. The van der Waals surface area contributed by atoms with Crippen LogP contribution in [0.1, 0.15) is 10.4 Å². The van der Waals surface area contributed by atoms with Gasteiger partial charge in [-0.25, -0.2) is 0 Å². The molecule has 2 N–H and O–H groups in total. The molecule has 0 unspecified atom stereocenters. The molecule has 0 heterocycles. The Kier molecular flexibility index (Phi) is 6.53. The molecule has 0 saturated heterocycles. The number of hydrogen-bond acceptors (Lipinski definition) is 3. The van der Waals surface area contributed by atoms with Crippen molar-refractivity contribution in [2.45, 2.75) is 0 Å². The van der Waals surface area contributed by atoms with E-state index in [1.807, 2.05) is 18.2 Å². The van der Waals surface area contributed by atoms with Crippen molar-refractivity contribution in [2.75, 3.05) is 17.2 Å². The van der Waals surface area contributed by atoms with E-state index >= 15 is 0 Å². The third-order valence-electron chi connectivity index (χ3n) is 3.69. The molecule has 0 bridgehead atoms. The smallest absolute Gasteiger partial charge is 0.262 e. The third kappa shape index (κ3) is 5.49. The van der Waals surface area contributed by atoms with Crippen LogP contribution in [-0.4, -0.2) is 18.4 Å². The largest absolute Gasteiger partial charge is 0.484 e. The summed E-state index contributed by atoms with van der Waals surface area (Å²) in [5.74, 6) is -0.0795. The van der Waals surface area contributed by atoms with E-state index in [9.17, 15) is 9.59 Å². The molecule has 3 rings (SSSR count). The SMILES string of the molecule is O=C(COc1ccccc1)Nc1cccc(NC(=O)c2ccc(Cl)cc2Cl)c1. The predicted molar refractivity (Wildman–Crippen MR) is 111 cm³/mol. The Morgan fingerprint density at radius 2 is 1.54 bits per heavy atom. The molecule has 0 aromatic heterocycles. The summed E-state index contributed by atoms with van der Waals surface area (Å²) in [5, 5.41) is 6.17. The third-order valence-corrected chi connectivity index (χ3v) is 4.24. The fourth-order valence-corrected chi connectivity index (χ4v) is 2.90. The van der Waals surface area contributed by atoms with Crippen LogP contribution in [0, 0.1) is 0 Å². The van der Waals surface area contributed by atoms with E-state index in [1.54, 1.807) is 48.5 Å². The van der Waals surface area contributed by atoms with E-state index in [1.165, 1.54) is 6.07 Å². The Bertz CT molecular complexity index is 994. The van der Waals surface area contributed by atoms with Gasteiger partial charge in [-0.15, -0.1) is 0 Å². The number of hydrogen-bond donors (Lipinski definition) is 2. The molecule has 0 aliphatic heterocycles. The monoisotopic (exact) mass is 414 g/mol. The van der Waals surface area contributed by atoms with Crippen LogP contribution in [0.5, 0.6) is 5.75 Å². The van der Waals surface area contributed by atoms with E-state index in [-0.39, 0.29) is 23.4 Å². The molecule has 142 valence electrons. The second-order valence-corrected chi connectivity index (χ2v) is 6.65. The summed E-state index contributed by atoms with van der Waals surface area (Å²) < 4.78 is 5.41. The highest BCUT2D eigenvalue weighted by Crippen LogP contribution is 2.23. The van der Waals surface area contributed by atoms with Gasteiger partial charge in [0.1, 0.15) is 5.75 Å². The molecule has 5 nitrogen and oxygen atoms in total. The van der Waals surface area contributed by atoms with Crippen LogP contribution in [0.15, 0.2) is 72.8 Å². The minimum absolute atomic E-state index is 0.124. The molecular weight excluding hydrogens is 399 g/mol. The molecular formula is C21H16Cl2N2O3. The minimum Gasteiger partial charge on any atom is -0.484 e. The number of carbonyl (C=O) groups excluding carboxylic acids is 2. The number of anilines is 2. The molecule has 0 saturated carbocycles. The maximum absolute atomic E-state index is 12.4. The Hall–Kier alpha value is -3.02. The number of amides is 2. The van der Waals surface area contributed by atoms with Gasteiger partial charge in [0.15, 0.2) is 6.61 Å². The Balaban J connectivity index is 1.60. The number of halogens is 2. The Labute approximate surface area is 172 Å². The van der Waals surface area contributed by atoms with Crippen molar-refractivity contribution in [1.82, 2.24) is 0 Å². The highest BCUT2D eigenvalue weighted by molar-refractivity contribution is 6.37. The van der Waals surface area contributed by atoms with Crippen molar-refractivity contribution < 1.29 is 14.3 Å². The zero-order valence-corrected chi connectivity index (χ0v) is 16.1. The van der Waals surface area contributed by atoms with Crippen molar-refractivity contribution in [2.24, 2.45) is 0 Å². The summed E-state index contributed by atoms with van der Waals surface area (Å²) in [4.78, 5) is 24.5. The zero-order chi connectivity index (χ0) is 19.9. The zero-order valence-electron chi connectivity index (χ0n) is 14.6. The van der Waals surface area contributed by atoms with Crippen LogP contribution in [-0.2, 0) is 4.79 Å². The van der Waals surface area contributed by atoms with Crippen LogP contribution in [0.4, 0.5) is 11.4 Å². The average molecular weight is 415 g/mol. The molecule has 28 heavy (non-hydrogen) atoms. The predicted octanol–water partition coefficient (Wildman–Crippen LogP) is 5.26. The second kappa shape index (κ2) is 9.26. The molecule has 0 aliphatic rings. The maximum Gasteiger partial charge on any atom is 0.262 e. The molecule has 0 radical (unpaired) electrons. The van der Waals surface area contributed by atoms with Crippen LogP contribution in [0.3, 0.4) is 0 Å². The van der Waals surface area contributed by atoms with Crippen molar-refractivity contribution >= 4 is 46.4 Å².